The van der Waals surface area contributed by atoms with Crippen LogP contribution in [0.25, 0.3) is 0 Å². The molecule has 0 unspecified atom stereocenters. The van der Waals surface area contributed by atoms with Crippen molar-refractivity contribution in [1.82, 2.24) is 5.32 Å². The number of ketones is 1. The SMILES string of the molecule is CC(=O)N[C@@H](CSC[C@@H]1C(=O)CC[C@H]1COC(C)=O)C(=O)O. The van der Waals surface area contributed by atoms with E-state index in [1.807, 2.05) is 0 Å². The molecule has 0 saturated heterocycles. The van der Waals surface area contributed by atoms with Gasteiger partial charge >= 0.3 is 11.9 Å². The van der Waals surface area contributed by atoms with Crippen molar-refractivity contribution in [3.63, 3.8) is 0 Å². The van der Waals surface area contributed by atoms with E-state index in [0.29, 0.717) is 18.6 Å². The van der Waals surface area contributed by atoms with Crippen molar-refractivity contribution in [2.24, 2.45) is 11.8 Å². The lowest BCUT2D eigenvalue weighted by molar-refractivity contribution is -0.143. The van der Waals surface area contributed by atoms with Gasteiger partial charge in [0.25, 0.3) is 0 Å². The van der Waals surface area contributed by atoms with Crippen LogP contribution in [0, 0.1) is 11.8 Å². The predicted octanol–water partition coefficient (Wildman–Crippen LogP) is 0.467. The number of carbonyl (C=O) groups is 4. The molecular weight excluding hydrogens is 310 g/mol. The Morgan fingerprint density at radius 1 is 1.41 bits per heavy atom. The summed E-state index contributed by atoms with van der Waals surface area (Å²) < 4.78 is 4.97. The van der Waals surface area contributed by atoms with Crippen molar-refractivity contribution in [1.29, 1.82) is 0 Å². The Balaban J connectivity index is 2.46. The fourth-order valence-corrected chi connectivity index (χ4v) is 3.67. The van der Waals surface area contributed by atoms with Gasteiger partial charge < -0.3 is 15.2 Å². The first-order chi connectivity index (χ1) is 10.3. The van der Waals surface area contributed by atoms with Crippen molar-refractivity contribution < 1.29 is 29.0 Å². The molecule has 1 aliphatic rings. The molecule has 1 rings (SSSR count). The number of hydrogen-bond acceptors (Lipinski definition) is 6. The summed E-state index contributed by atoms with van der Waals surface area (Å²) in [6.45, 7) is 2.81. The summed E-state index contributed by atoms with van der Waals surface area (Å²) in [4.78, 5) is 44.7. The molecule has 22 heavy (non-hydrogen) atoms. The maximum Gasteiger partial charge on any atom is 0.327 e. The molecule has 1 amide bonds. The Morgan fingerprint density at radius 2 is 2.09 bits per heavy atom. The van der Waals surface area contributed by atoms with Gasteiger partial charge in [0.15, 0.2) is 0 Å². The van der Waals surface area contributed by atoms with E-state index in [1.54, 1.807) is 0 Å². The lowest BCUT2D eigenvalue weighted by Crippen LogP contribution is -2.41. The number of aliphatic carboxylic acids is 1. The summed E-state index contributed by atoms with van der Waals surface area (Å²) in [5, 5.41) is 11.4. The minimum absolute atomic E-state index is 0.00653. The van der Waals surface area contributed by atoms with E-state index >= 15 is 0 Å². The second-order valence-electron chi connectivity index (χ2n) is 5.30. The second-order valence-corrected chi connectivity index (χ2v) is 6.38. The molecule has 1 aliphatic carbocycles. The van der Waals surface area contributed by atoms with Crippen LogP contribution in [0.1, 0.15) is 26.7 Å². The van der Waals surface area contributed by atoms with Gasteiger partial charge in [-0.1, -0.05) is 0 Å². The maximum atomic E-state index is 11.9. The van der Waals surface area contributed by atoms with Crippen molar-refractivity contribution in [2.45, 2.75) is 32.7 Å². The second kappa shape index (κ2) is 8.77. The van der Waals surface area contributed by atoms with Crippen molar-refractivity contribution in [2.75, 3.05) is 18.1 Å². The van der Waals surface area contributed by atoms with Crippen LogP contribution in [0.2, 0.25) is 0 Å². The fourth-order valence-electron chi connectivity index (χ4n) is 2.36. The first-order valence-corrected chi connectivity index (χ1v) is 8.20. The van der Waals surface area contributed by atoms with E-state index in [-0.39, 0.29) is 35.9 Å². The third-order valence-corrected chi connectivity index (χ3v) is 4.67. The average molecular weight is 331 g/mol. The Kier molecular flexibility index (Phi) is 7.37. The summed E-state index contributed by atoms with van der Waals surface area (Å²) in [5.74, 6) is -1.33. The summed E-state index contributed by atoms with van der Waals surface area (Å²) in [5.41, 5.74) is 0. The molecular formula is C14H21NO6S. The number of esters is 1. The van der Waals surface area contributed by atoms with Gasteiger partial charge in [0.2, 0.25) is 5.91 Å². The van der Waals surface area contributed by atoms with E-state index in [1.165, 1.54) is 25.6 Å². The number of carboxylic acid groups (broad SMARTS) is 1. The molecule has 2 N–H and O–H groups in total. The zero-order valence-corrected chi connectivity index (χ0v) is 13.5. The number of nitrogens with one attached hydrogen (secondary N) is 1. The standard InChI is InChI=1S/C14H21NO6S/c1-8(16)15-12(14(19)20)7-22-6-11-10(3-4-13(11)18)5-21-9(2)17/h10-12H,3-7H2,1-2H3,(H,15,16)(H,19,20)/t10-,11-,12-/m0/s1. The Bertz CT molecular complexity index is 453. The molecule has 0 heterocycles. The van der Waals surface area contributed by atoms with E-state index in [0.717, 1.165) is 0 Å². The zero-order valence-electron chi connectivity index (χ0n) is 12.7. The first-order valence-electron chi connectivity index (χ1n) is 7.05. The molecule has 0 bridgehead atoms. The lowest BCUT2D eigenvalue weighted by atomic mass is 9.98. The summed E-state index contributed by atoms with van der Waals surface area (Å²) in [6, 6.07) is -0.967. The highest BCUT2D eigenvalue weighted by atomic mass is 32.2. The first kappa shape index (κ1) is 18.5. The molecule has 3 atom stereocenters. The Morgan fingerprint density at radius 3 is 2.64 bits per heavy atom. The number of Topliss-reactive ketones (excluding diaryl/α,β-unsaturated/α-hetero) is 1. The third-order valence-electron chi connectivity index (χ3n) is 3.50. The topological polar surface area (TPSA) is 110 Å². The average Bonchev–Trinajstić information content (AvgIpc) is 2.75. The number of rotatable bonds is 8. The maximum absolute atomic E-state index is 11.9. The molecule has 8 heteroatoms. The van der Waals surface area contributed by atoms with Crippen LogP contribution < -0.4 is 5.32 Å². The Hall–Kier alpha value is -1.57. The molecule has 0 spiro atoms. The van der Waals surface area contributed by atoms with Crippen LogP contribution in [0.15, 0.2) is 0 Å². The minimum atomic E-state index is -1.10. The van der Waals surface area contributed by atoms with Gasteiger partial charge in [-0.15, -0.1) is 0 Å². The number of ether oxygens (including phenoxy) is 1. The number of amides is 1. The number of carboxylic acids is 1. The quantitative estimate of drug-likeness (QED) is 0.622. The molecule has 0 aromatic heterocycles. The summed E-state index contributed by atoms with van der Waals surface area (Å²) in [6.07, 6.45) is 1.15. The van der Waals surface area contributed by atoms with Crippen LogP contribution in [0.3, 0.4) is 0 Å². The predicted molar refractivity (Wildman–Crippen MR) is 80.4 cm³/mol. The lowest BCUT2D eigenvalue weighted by Gasteiger charge is -2.19. The van der Waals surface area contributed by atoms with Crippen LogP contribution in [-0.4, -0.2) is 52.9 Å². The molecule has 1 saturated carbocycles. The molecule has 0 radical (unpaired) electrons. The molecule has 0 aliphatic heterocycles. The van der Waals surface area contributed by atoms with Crippen molar-refractivity contribution >= 4 is 35.4 Å². The van der Waals surface area contributed by atoms with E-state index < -0.39 is 17.9 Å². The van der Waals surface area contributed by atoms with Gasteiger partial charge in [-0.3, -0.25) is 14.4 Å². The fraction of sp³-hybridized carbons (Fsp3) is 0.714. The molecule has 0 aromatic rings. The van der Waals surface area contributed by atoms with Crippen molar-refractivity contribution in [3.8, 4) is 0 Å². The molecule has 7 nitrogen and oxygen atoms in total. The van der Waals surface area contributed by atoms with E-state index in [9.17, 15) is 19.2 Å². The number of carbonyl (C=O) groups excluding carboxylic acids is 3. The van der Waals surface area contributed by atoms with Crippen LogP contribution >= 0.6 is 11.8 Å². The van der Waals surface area contributed by atoms with Crippen LogP contribution in [-0.2, 0) is 23.9 Å². The van der Waals surface area contributed by atoms with Gasteiger partial charge in [-0.05, 0) is 6.42 Å². The zero-order chi connectivity index (χ0) is 16.7. The normalized spacial score (nSPS) is 22.2. The highest BCUT2D eigenvalue weighted by Crippen LogP contribution is 2.31. The van der Waals surface area contributed by atoms with Crippen LogP contribution in [0.5, 0.6) is 0 Å². The Labute approximate surface area is 133 Å². The third kappa shape index (κ3) is 6.05. The number of thioether (sulfide) groups is 1. The summed E-state index contributed by atoms with van der Waals surface area (Å²) >= 11 is 1.31. The van der Waals surface area contributed by atoms with Crippen molar-refractivity contribution in [3.05, 3.63) is 0 Å². The van der Waals surface area contributed by atoms with E-state index in [2.05, 4.69) is 5.32 Å². The molecule has 0 aromatic carbocycles. The van der Waals surface area contributed by atoms with Gasteiger partial charge in [-0.2, -0.15) is 11.8 Å². The largest absolute Gasteiger partial charge is 0.480 e. The highest BCUT2D eigenvalue weighted by Gasteiger charge is 2.35. The van der Waals surface area contributed by atoms with Gasteiger partial charge in [0, 0.05) is 43.6 Å². The minimum Gasteiger partial charge on any atom is -0.480 e. The molecule has 1 fully saturated rings. The monoisotopic (exact) mass is 331 g/mol. The van der Waals surface area contributed by atoms with Gasteiger partial charge in [0.1, 0.15) is 11.8 Å². The van der Waals surface area contributed by atoms with E-state index in [4.69, 9.17) is 9.84 Å². The highest BCUT2D eigenvalue weighted by molar-refractivity contribution is 7.99. The van der Waals surface area contributed by atoms with Crippen LogP contribution in [0.4, 0.5) is 0 Å². The van der Waals surface area contributed by atoms with Gasteiger partial charge in [-0.25, -0.2) is 4.79 Å². The number of hydrogen-bond donors (Lipinski definition) is 2. The molecule has 124 valence electrons. The van der Waals surface area contributed by atoms with Gasteiger partial charge in [0.05, 0.1) is 6.61 Å². The smallest absolute Gasteiger partial charge is 0.327 e. The summed E-state index contributed by atoms with van der Waals surface area (Å²) in [7, 11) is 0.